The monoisotopic (exact) mass is 527 g/mol. The highest BCUT2D eigenvalue weighted by Crippen LogP contribution is 2.41. The Morgan fingerprint density at radius 1 is 0.475 bits per heavy atom. The molecule has 0 unspecified atom stereocenters. The second-order valence-corrected chi connectivity index (χ2v) is 9.17. The van der Waals surface area contributed by atoms with Crippen LogP contribution in [0.4, 0.5) is 17.6 Å². The number of fused-ring (bicyclic) bond motifs is 4. The van der Waals surface area contributed by atoms with Crippen LogP contribution in [-0.4, -0.2) is 0 Å². The number of nitriles is 3. The summed E-state index contributed by atoms with van der Waals surface area (Å²) in [6.45, 7) is 0. The molecule has 40 heavy (non-hydrogen) atoms. The highest BCUT2D eigenvalue weighted by Gasteiger charge is 2.29. The smallest absolute Gasteiger partial charge is 0.170 e. The van der Waals surface area contributed by atoms with E-state index >= 15 is 17.6 Å². The van der Waals surface area contributed by atoms with Gasteiger partial charge in [-0.3, -0.25) is 0 Å². The van der Waals surface area contributed by atoms with Gasteiger partial charge in [0.25, 0.3) is 0 Å². The molecule has 0 amide bonds. The topological polar surface area (TPSA) is 71.4 Å². The highest BCUT2D eigenvalue weighted by atomic mass is 19.2. The van der Waals surface area contributed by atoms with E-state index in [1.54, 1.807) is 36.4 Å². The number of hydrogen-bond acceptors (Lipinski definition) is 3. The zero-order valence-electron chi connectivity index (χ0n) is 20.4. The van der Waals surface area contributed by atoms with Crippen molar-refractivity contribution in [3.8, 4) is 40.5 Å². The van der Waals surface area contributed by atoms with Gasteiger partial charge in [0.1, 0.15) is 18.2 Å². The van der Waals surface area contributed by atoms with E-state index in [1.807, 2.05) is 42.5 Å². The number of rotatable bonds is 2. The lowest BCUT2D eigenvalue weighted by Crippen LogP contribution is -2.05. The van der Waals surface area contributed by atoms with Crippen molar-refractivity contribution >= 4 is 32.3 Å². The van der Waals surface area contributed by atoms with E-state index < -0.39 is 40.0 Å². The van der Waals surface area contributed by atoms with Crippen LogP contribution in [0.2, 0.25) is 0 Å². The van der Waals surface area contributed by atoms with Gasteiger partial charge in [0.05, 0.1) is 27.8 Å². The Balaban J connectivity index is 1.62. The van der Waals surface area contributed by atoms with Crippen molar-refractivity contribution in [3.05, 3.63) is 119 Å². The van der Waals surface area contributed by atoms with Gasteiger partial charge in [-0.25, -0.2) is 17.6 Å². The molecule has 3 nitrogen and oxygen atoms in total. The van der Waals surface area contributed by atoms with Crippen LogP contribution in [0.15, 0.2) is 78.9 Å². The summed E-state index contributed by atoms with van der Waals surface area (Å²) >= 11 is 0. The number of halogens is 4. The van der Waals surface area contributed by atoms with Gasteiger partial charge in [-0.05, 0) is 67.7 Å². The SMILES string of the molecule is N#Cc1cc(-c2c(F)c(F)c(-c3cccc4cc5c(ccc6ccccc65)cc34)c(F)c2F)cc(C#N)c1C#N. The normalized spacial score (nSPS) is 10.9. The molecule has 0 aliphatic carbocycles. The largest absolute Gasteiger partial charge is 0.203 e. The van der Waals surface area contributed by atoms with Gasteiger partial charge in [-0.15, -0.1) is 0 Å². The average Bonchev–Trinajstić information content (AvgIpc) is 2.98. The van der Waals surface area contributed by atoms with Crippen LogP contribution < -0.4 is 0 Å². The van der Waals surface area contributed by atoms with Crippen LogP contribution in [0.25, 0.3) is 54.6 Å². The molecule has 0 N–H and O–H groups in total. The van der Waals surface area contributed by atoms with Gasteiger partial charge in [0, 0.05) is 0 Å². The zero-order valence-corrected chi connectivity index (χ0v) is 20.4. The van der Waals surface area contributed by atoms with E-state index in [9.17, 15) is 15.8 Å². The third kappa shape index (κ3) is 3.56. The maximum absolute atomic E-state index is 15.7. The fourth-order valence-electron chi connectivity index (χ4n) is 5.20. The molecule has 0 aromatic heterocycles. The summed E-state index contributed by atoms with van der Waals surface area (Å²) in [7, 11) is 0. The standard InChI is InChI=1S/C33H13F4N3/c34-30-28(20-10-21(14-38)27(16-40)22(11-20)15-39)31(35)33(37)29(32(30)36)24-7-3-5-18-12-25-19(13-26(18)24)9-8-17-4-1-2-6-23(17)25/h1-13H. The number of hydrogen-bond donors (Lipinski definition) is 0. The number of benzene rings is 6. The first-order valence-corrected chi connectivity index (χ1v) is 12.0. The maximum Gasteiger partial charge on any atom is 0.170 e. The van der Waals surface area contributed by atoms with Crippen LogP contribution in [0.3, 0.4) is 0 Å². The minimum Gasteiger partial charge on any atom is -0.203 e. The lowest BCUT2D eigenvalue weighted by molar-refractivity contribution is 0.463. The van der Waals surface area contributed by atoms with Crippen molar-refractivity contribution in [1.82, 2.24) is 0 Å². The minimum atomic E-state index is -1.69. The molecular formula is C33H13F4N3. The highest BCUT2D eigenvalue weighted by molar-refractivity contribution is 6.14. The Morgan fingerprint density at radius 3 is 1.68 bits per heavy atom. The van der Waals surface area contributed by atoms with E-state index in [-0.39, 0.29) is 22.3 Å². The first-order valence-electron chi connectivity index (χ1n) is 12.0. The van der Waals surface area contributed by atoms with Gasteiger partial charge < -0.3 is 0 Å². The summed E-state index contributed by atoms with van der Waals surface area (Å²) in [4.78, 5) is 0. The molecule has 0 aliphatic heterocycles. The molecule has 188 valence electrons. The Morgan fingerprint density at radius 2 is 1.02 bits per heavy atom. The molecule has 0 saturated carbocycles. The minimum absolute atomic E-state index is 0.0397. The Bertz CT molecular complexity index is 2130. The van der Waals surface area contributed by atoms with Crippen molar-refractivity contribution in [2.75, 3.05) is 0 Å². The van der Waals surface area contributed by atoms with E-state index in [1.165, 1.54) is 6.07 Å². The first-order chi connectivity index (χ1) is 19.4. The third-order valence-corrected chi connectivity index (χ3v) is 7.06. The van der Waals surface area contributed by atoms with E-state index in [4.69, 9.17) is 0 Å². The van der Waals surface area contributed by atoms with Crippen LogP contribution in [0.5, 0.6) is 0 Å². The van der Waals surface area contributed by atoms with Crippen LogP contribution in [0, 0.1) is 57.3 Å². The first kappa shape index (κ1) is 24.6. The van der Waals surface area contributed by atoms with Gasteiger partial charge in [-0.1, -0.05) is 54.6 Å². The predicted molar refractivity (Wildman–Crippen MR) is 144 cm³/mol. The molecule has 0 heterocycles. The molecule has 6 rings (SSSR count). The molecule has 6 aromatic carbocycles. The Labute approximate surface area is 225 Å². The summed E-state index contributed by atoms with van der Waals surface area (Å²) < 4.78 is 62.4. The van der Waals surface area contributed by atoms with Crippen molar-refractivity contribution in [2.45, 2.75) is 0 Å². The van der Waals surface area contributed by atoms with Gasteiger partial charge >= 0.3 is 0 Å². The summed E-state index contributed by atoms with van der Waals surface area (Å²) in [5, 5.41) is 32.7. The van der Waals surface area contributed by atoms with E-state index in [2.05, 4.69) is 0 Å². The van der Waals surface area contributed by atoms with Gasteiger partial charge in [0.15, 0.2) is 23.3 Å². The van der Waals surface area contributed by atoms with E-state index in [0.717, 1.165) is 33.7 Å². The molecule has 0 saturated heterocycles. The number of nitrogens with zero attached hydrogens (tertiary/aromatic N) is 3. The molecule has 0 fully saturated rings. The molecule has 7 heteroatoms. The fraction of sp³-hybridized carbons (Fsp3) is 0. The second-order valence-electron chi connectivity index (χ2n) is 9.17. The van der Waals surface area contributed by atoms with Crippen LogP contribution in [0.1, 0.15) is 16.7 Å². The van der Waals surface area contributed by atoms with Crippen molar-refractivity contribution in [2.24, 2.45) is 0 Å². The molecular weight excluding hydrogens is 514 g/mol. The van der Waals surface area contributed by atoms with E-state index in [0.29, 0.717) is 10.8 Å². The molecule has 6 aromatic rings. The summed E-state index contributed by atoms with van der Waals surface area (Å²) in [5.41, 5.74) is -3.44. The zero-order chi connectivity index (χ0) is 28.1. The van der Waals surface area contributed by atoms with Gasteiger partial charge in [-0.2, -0.15) is 15.8 Å². The van der Waals surface area contributed by atoms with Crippen molar-refractivity contribution in [1.29, 1.82) is 15.8 Å². The summed E-state index contributed by atoms with van der Waals surface area (Å²) in [5.74, 6) is -6.62. The van der Waals surface area contributed by atoms with Crippen LogP contribution in [-0.2, 0) is 0 Å². The molecule has 0 spiro atoms. The quantitative estimate of drug-likeness (QED) is 0.0979. The Hall–Kier alpha value is -5.71. The summed E-state index contributed by atoms with van der Waals surface area (Å²) in [6.07, 6.45) is 0. The van der Waals surface area contributed by atoms with Crippen molar-refractivity contribution < 1.29 is 17.6 Å². The fourth-order valence-corrected chi connectivity index (χ4v) is 5.20. The lowest BCUT2D eigenvalue weighted by Gasteiger charge is -2.15. The molecule has 0 bridgehead atoms. The molecule has 0 aliphatic rings. The average molecular weight is 527 g/mol. The summed E-state index contributed by atoms with van der Waals surface area (Å²) in [6, 6.07) is 26.7. The maximum atomic E-state index is 15.7. The van der Waals surface area contributed by atoms with Crippen molar-refractivity contribution in [3.63, 3.8) is 0 Å². The lowest BCUT2D eigenvalue weighted by atomic mass is 9.90. The van der Waals surface area contributed by atoms with Crippen LogP contribution >= 0.6 is 0 Å². The molecule has 0 radical (unpaired) electrons. The third-order valence-electron chi connectivity index (χ3n) is 7.06. The second kappa shape index (κ2) is 9.24. The van der Waals surface area contributed by atoms with Gasteiger partial charge in [0.2, 0.25) is 0 Å². The predicted octanol–water partition coefficient (Wildman–Crippen LogP) is 8.65. The molecule has 0 atom stereocenters. The Kier molecular flexibility index (Phi) is 5.69.